The molecule has 2 atom stereocenters. The van der Waals surface area contributed by atoms with Gasteiger partial charge < -0.3 is 14.8 Å². The molecule has 4 heteroatoms. The summed E-state index contributed by atoms with van der Waals surface area (Å²) in [6, 6.07) is 7.99. The summed E-state index contributed by atoms with van der Waals surface area (Å²) in [6.45, 7) is 0. The van der Waals surface area contributed by atoms with Crippen LogP contribution >= 0.6 is 0 Å². The lowest BCUT2D eigenvalue weighted by Crippen LogP contribution is -2.07. The fraction of sp³-hybridized carbons (Fsp3) is 0.389. The molecule has 2 aromatic rings. The van der Waals surface area contributed by atoms with Gasteiger partial charge in [0.25, 0.3) is 0 Å². The summed E-state index contributed by atoms with van der Waals surface area (Å²) >= 11 is 0. The van der Waals surface area contributed by atoms with Crippen molar-refractivity contribution < 1.29 is 9.47 Å². The summed E-state index contributed by atoms with van der Waals surface area (Å²) in [5.74, 6) is 2.92. The van der Waals surface area contributed by atoms with Crippen LogP contribution in [0.4, 0.5) is 11.4 Å². The minimum Gasteiger partial charge on any atom is -0.497 e. The van der Waals surface area contributed by atoms with Crippen LogP contribution in [-0.4, -0.2) is 19.2 Å². The van der Waals surface area contributed by atoms with Gasteiger partial charge in [0.2, 0.25) is 5.88 Å². The molecule has 2 aliphatic rings. The Morgan fingerprint density at radius 2 is 1.91 bits per heavy atom. The molecule has 2 aliphatic carbocycles. The van der Waals surface area contributed by atoms with Crippen molar-refractivity contribution in [3.05, 3.63) is 41.6 Å². The van der Waals surface area contributed by atoms with Crippen LogP contribution in [0.5, 0.6) is 11.6 Å². The van der Waals surface area contributed by atoms with Gasteiger partial charge in [0.1, 0.15) is 5.75 Å². The Bertz CT molecular complexity index is 714. The van der Waals surface area contributed by atoms with Crippen LogP contribution in [0.25, 0.3) is 0 Å². The van der Waals surface area contributed by atoms with Gasteiger partial charge >= 0.3 is 0 Å². The van der Waals surface area contributed by atoms with Gasteiger partial charge in [-0.15, -0.1) is 0 Å². The zero-order chi connectivity index (χ0) is 15.1. The van der Waals surface area contributed by atoms with E-state index in [9.17, 15) is 0 Å². The molecule has 1 aromatic carbocycles. The van der Waals surface area contributed by atoms with Crippen molar-refractivity contribution in [2.75, 3.05) is 19.5 Å². The lowest BCUT2D eigenvalue weighted by molar-refractivity contribution is 0.388. The van der Waals surface area contributed by atoms with Crippen LogP contribution < -0.4 is 14.8 Å². The zero-order valence-corrected chi connectivity index (χ0v) is 12.9. The number of nitrogens with one attached hydrogen (secondary N) is 1. The molecular weight excluding hydrogens is 276 g/mol. The van der Waals surface area contributed by atoms with Gasteiger partial charge in [0.05, 0.1) is 26.1 Å². The van der Waals surface area contributed by atoms with Crippen LogP contribution in [0.15, 0.2) is 30.5 Å². The van der Waals surface area contributed by atoms with Crippen molar-refractivity contribution in [1.82, 2.24) is 4.98 Å². The monoisotopic (exact) mass is 296 g/mol. The van der Waals surface area contributed by atoms with E-state index in [1.54, 1.807) is 14.2 Å². The van der Waals surface area contributed by atoms with E-state index >= 15 is 0 Å². The van der Waals surface area contributed by atoms with Gasteiger partial charge in [0.15, 0.2) is 0 Å². The van der Waals surface area contributed by atoms with Crippen LogP contribution in [0, 0.1) is 0 Å². The molecule has 1 fully saturated rings. The molecule has 0 spiro atoms. The Morgan fingerprint density at radius 3 is 2.68 bits per heavy atom. The third kappa shape index (κ3) is 2.02. The Morgan fingerprint density at radius 1 is 1.09 bits per heavy atom. The topological polar surface area (TPSA) is 43.4 Å². The van der Waals surface area contributed by atoms with Crippen molar-refractivity contribution in [1.29, 1.82) is 0 Å². The first-order valence-corrected chi connectivity index (χ1v) is 7.78. The maximum Gasteiger partial charge on any atom is 0.216 e. The number of ether oxygens (including phenoxy) is 2. The molecule has 0 radical (unpaired) electrons. The summed E-state index contributed by atoms with van der Waals surface area (Å²) in [5.41, 5.74) is 4.87. The van der Waals surface area contributed by atoms with Crippen LogP contribution in [-0.2, 0) is 0 Å². The number of anilines is 2. The van der Waals surface area contributed by atoms with E-state index in [2.05, 4.69) is 10.3 Å². The quantitative estimate of drug-likeness (QED) is 0.918. The van der Waals surface area contributed by atoms with E-state index in [0.717, 1.165) is 23.0 Å². The Kier molecular flexibility index (Phi) is 3.17. The molecule has 0 saturated heterocycles. The average Bonchev–Trinajstić information content (AvgIpc) is 3.17. The molecule has 22 heavy (non-hydrogen) atoms. The Labute approximate surface area is 130 Å². The SMILES string of the molecule is COc1cccc(Nc2cnc(OC)c3c2C2CCC3C2)c1. The number of benzene rings is 1. The van der Waals surface area contributed by atoms with Gasteiger partial charge in [-0.1, -0.05) is 6.07 Å². The fourth-order valence-electron chi connectivity index (χ4n) is 3.98. The summed E-state index contributed by atoms with van der Waals surface area (Å²) in [5, 5.41) is 3.52. The first-order valence-electron chi connectivity index (χ1n) is 7.78. The standard InChI is InChI=1S/C18H20N2O2/c1-21-14-5-3-4-13(9-14)20-15-10-19-18(22-2)17-12-7-6-11(8-12)16(15)17/h3-5,9-12,20H,6-8H2,1-2H3. The van der Waals surface area contributed by atoms with Gasteiger partial charge in [0, 0.05) is 17.3 Å². The van der Waals surface area contributed by atoms with Crippen molar-refractivity contribution in [2.45, 2.75) is 31.1 Å². The molecule has 1 N–H and O–H groups in total. The van der Waals surface area contributed by atoms with Crippen molar-refractivity contribution in [2.24, 2.45) is 0 Å². The second-order valence-corrected chi connectivity index (χ2v) is 6.07. The highest BCUT2D eigenvalue weighted by Crippen LogP contribution is 2.57. The smallest absolute Gasteiger partial charge is 0.216 e. The molecular formula is C18H20N2O2. The van der Waals surface area contributed by atoms with E-state index in [1.165, 1.54) is 30.4 Å². The molecule has 1 saturated carbocycles. The summed E-state index contributed by atoms with van der Waals surface area (Å²) < 4.78 is 10.8. The van der Waals surface area contributed by atoms with E-state index < -0.39 is 0 Å². The molecule has 0 aliphatic heterocycles. The highest BCUT2D eigenvalue weighted by Gasteiger charge is 2.41. The number of hydrogen-bond acceptors (Lipinski definition) is 4. The van der Waals surface area contributed by atoms with Crippen LogP contribution in [0.3, 0.4) is 0 Å². The number of methoxy groups -OCH3 is 2. The van der Waals surface area contributed by atoms with Crippen LogP contribution in [0.2, 0.25) is 0 Å². The zero-order valence-electron chi connectivity index (χ0n) is 12.9. The van der Waals surface area contributed by atoms with Crippen molar-refractivity contribution >= 4 is 11.4 Å². The minimum atomic E-state index is 0.620. The second kappa shape index (κ2) is 5.20. The molecule has 1 aromatic heterocycles. The summed E-state index contributed by atoms with van der Waals surface area (Å²) in [6.07, 6.45) is 5.68. The van der Waals surface area contributed by atoms with Gasteiger partial charge in [-0.05, 0) is 48.8 Å². The number of rotatable bonds is 4. The Hall–Kier alpha value is -2.23. The first kappa shape index (κ1) is 13.4. The second-order valence-electron chi connectivity index (χ2n) is 6.07. The lowest BCUT2D eigenvalue weighted by Gasteiger charge is -2.21. The molecule has 114 valence electrons. The van der Waals surface area contributed by atoms with Crippen LogP contribution in [0.1, 0.15) is 42.2 Å². The number of aromatic nitrogens is 1. The van der Waals surface area contributed by atoms with E-state index in [-0.39, 0.29) is 0 Å². The molecule has 0 amide bonds. The third-order valence-electron chi connectivity index (χ3n) is 4.91. The maximum atomic E-state index is 5.49. The molecule has 2 unspecified atom stereocenters. The highest BCUT2D eigenvalue weighted by atomic mass is 16.5. The van der Waals surface area contributed by atoms with E-state index in [4.69, 9.17) is 9.47 Å². The van der Waals surface area contributed by atoms with Gasteiger partial charge in [-0.3, -0.25) is 0 Å². The molecule has 2 bridgehead atoms. The largest absolute Gasteiger partial charge is 0.497 e. The van der Waals surface area contributed by atoms with E-state index in [0.29, 0.717) is 11.8 Å². The summed E-state index contributed by atoms with van der Waals surface area (Å²) in [7, 11) is 3.40. The lowest BCUT2D eigenvalue weighted by atomic mass is 9.91. The molecule has 4 rings (SSSR count). The highest BCUT2D eigenvalue weighted by molar-refractivity contribution is 5.69. The fourth-order valence-corrected chi connectivity index (χ4v) is 3.98. The maximum absolute atomic E-state index is 5.49. The predicted octanol–water partition coefficient (Wildman–Crippen LogP) is 4.21. The number of fused-ring (bicyclic) bond motifs is 5. The summed E-state index contributed by atoms with van der Waals surface area (Å²) in [4.78, 5) is 4.51. The van der Waals surface area contributed by atoms with E-state index in [1.807, 2.05) is 30.5 Å². The minimum absolute atomic E-state index is 0.620. The number of nitrogens with zero attached hydrogens (tertiary/aromatic N) is 1. The molecule has 4 nitrogen and oxygen atoms in total. The predicted molar refractivity (Wildman–Crippen MR) is 86.4 cm³/mol. The normalized spacial score (nSPS) is 21.5. The molecule has 1 heterocycles. The number of pyridine rings is 1. The van der Waals surface area contributed by atoms with Crippen molar-refractivity contribution in [3.8, 4) is 11.6 Å². The third-order valence-corrected chi connectivity index (χ3v) is 4.91. The average molecular weight is 296 g/mol. The Balaban J connectivity index is 1.74. The first-order chi connectivity index (χ1) is 10.8. The van der Waals surface area contributed by atoms with Gasteiger partial charge in [-0.25, -0.2) is 4.98 Å². The van der Waals surface area contributed by atoms with Gasteiger partial charge in [-0.2, -0.15) is 0 Å². The van der Waals surface area contributed by atoms with Crippen molar-refractivity contribution in [3.63, 3.8) is 0 Å². The number of hydrogen-bond donors (Lipinski definition) is 1.